The highest BCUT2D eigenvalue weighted by Crippen LogP contribution is 2.18. The first kappa shape index (κ1) is 18.0. The molecule has 0 amide bonds. The van der Waals surface area contributed by atoms with Crippen molar-refractivity contribution in [2.45, 2.75) is 0 Å². The first-order valence-electron chi connectivity index (χ1n) is 7.45. The fraction of sp³-hybridized carbons (Fsp3) is 0.250. The van der Waals surface area contributed by atoms with Crippen molar-refractivity contribution < 1.29 is 14.2 Å². The van der Waals surface area contributed by atoms with Crippen molar-refractivity contribution in [2.24, 2.45) is 10.2 Å². The van der Waals surface area contributed by atoms with E-state index in [1.54, 1.807) is 48.5 Å². The van der Waals surface area contributed by atoms with Gasteiger partial charge in [0, 0.05) is 21.2 Å². The monoisotopic (exact) mass is 340 g/mol. The number of azide groups is 2. The first-order chi connectivity index (χ1) is 12.3. The van der Waals surface area contributed by atoms with Crippen LogP contribution in [-0.2, 0) is 4.74 Å². The highest BCUT2D eigenvalue weighted by atomic mass is 16.5. The Hall–Kier alpha value is -3.38. The molecule has 2 aromatic carbocycles. The van der Waals surface area contributed by atoms with Crippen LogP contribution < -0.4 is 9.47 Å². The highest BCUT2D eigenvalue weighted by Gasteiger charge is 1.97. The molecule has 0 aliphatic carbocycles. The Labute approximate surface area is 144 Å². The van der Waals surface area contributed by atoms with Crippen LogP contribution >= 0.6 is 0 Å². The maximum absolute atomic E-state index is 8.32. The van der Waals surface area contributed by atoms with Crippen LogP contribution in [0.2, 0.25) is 0 Å². The van der Waals surface area contributed by atoms with Crippen LogP contribution in [0.5, 0.6) is 11.5 Å². The molecule has 0 spiro atoms. The molecule has 0 saturated heterocycles. The van der Waals surface area contributed by atoms with Crippen LogP contribution in [0.25, 0.3) is 20.9 Å². The number of hydrogen-bond donors (Lipinski definition) is 0. The zero-order chi connectivity index (χ0) is 17.7. The third kappa shape index (κ3) is 6.72. The molecule has 0 saturated carbocycles. The molecular weight excluding hydrogens is 324 g/mol. The highest BCUT2D eigenvalue weighted by molar-refractivity contribution is 5.41. The Kier molecular flexibility index (Phi) is 7.48. The Morgan fingerprint density at radius 1 is 0.640 bits per heavy atom. The van der Waals surface area contributed by atoms with Gasteiger partial charge in [0.15, 0.2) is 0 Å². The van der Waals surface area contributed by atoms with E-state index in [0.29, 0.717) is 49.3 Å². The van der Waals surface area contributed by atoms with Gasteiger partial charge < -0.3 is 14.2 Å². The summed E-state index contributed by atoms with van der Waals surface area (Å²) >= 11 is 0. The number of hydrogen-bond acceptors (Lipinski definition) is 5. The van der Waals surface area contributed by atoms with Crippen LogP contribution in [0, 0.1) is 0 Å². The van der Waals surface area contributed by atoms with E-state index < -0.39 is 0 Å². The second-order valence-corrected chi connectivity index (χ2v) is 4.68. The van der Waals surface area contributed by atoms with Gasteiger partial charge in [-0.1, -0.05) is 10.2 Å². The third-order valence-electron chi connectivity index (χ3n) is 2.99. The van der Waals surface area contributed by atoms with E-state index in [1.807, 2.05) is 0 Å². The van der Waals surface area contributed by atoms with Gasteiger partial charge in [-0.15, -0.1) is 0 Å². The van der Waals surface area contributed by atoms with Gasteiger partial charge >= 0.3 is 0 Å². The lowest BCUT2D eigenvalue weighted by atomic mass is 10.3. The summed E-state index contributed by atoms with van der Waals surface area (Å²) in [5.41, 5.74) is 17.7. The van der Waals surface area contributed by atoms with Gasteiger partial charge in [0.1, 0.15) is 24.7 Å². The van der Waals surface area contributed by atoms with Gasteiger partial charge in [0.05, 0.1) is 13.2 Å². The second kappa shape index (κ2) is 10.4. The SMILES string of the molecule is [N-]=[N+]=Nc1ccc(OCCOCCOc2ccc(N=[N+]=[N-])cc2)cc1. The van der Waals surface area contributed by atoms with E-state index >= 15 is 0 Å². The molecule has 9 heteroatoms. The van der Waals surface area contributed by atoms with E-state index in [0.717, 1.165) is 0 Å². The van der Waals surface area contributed by atoms with E-state index in [1.165, 1.54) is 0 Å². The van der Waals surface area contributed by atoms with E-state index in [9.17, 15) is 0 Å². The quantitative estimate of drug-likeness (QED) is 0.260. The minimum absolute atomic E-state index is 0.404. The zero-order valence-corrected chi connectivity index (χ0v) is 13.4. The molecule has 25 heavy (non-hydrogen) atoms. The molecule has 0 fully saturated rings. The van der Waals surface area contributed by atoms with Gasteiger partial charge in [0.2, 0.25) is 0 Å². The molecule has 0 aliphatic rings. The van der Waals surface area contributed by atoms with Crippen molar-refractivity contribution in [3.63, 3.8) is 0 Å². The summed E-state index contributed by atoms with van der Waals surface area (Å²) in [6.45, 7) is 1.66. The normalized spacial score (nSPS) is 9.60. The fourth-order valence-corrected chi connectivity index (χ4v) is 1.86. The number of ether oxygens (including phenoxy) is 3. The fourth-order valence-electron chi connectivity index (χ4n) is 1.86. The molecule has 2 aromatic rings. The molecule has 128 valence electrons. The predicted molar refractivity (Wildman–Crippen MR) is 92.3 cm³/mol. The van der Waals surface area contributed by atoms with Crippen LogP contribution in [-0.4, -0.2) is 26.4 Å². The molecule has 0 radical (unpaired) electrons. The molecule has 0 bridgehead atoms. The van der Waals surface area contributed by atoms with Crippen LogP contribution in [0.1, 0.15) is 0 Å². The molecular formula is C16H16N6O3. The van der Waals surface area contributed by atoms with Crippen molar-refractivity contribution in [3.8, 4) is 11.5 Å². The van der Waals surface area contributed by atoms with Crippen molar-refractivity contribution in [1.82, 2.24) is 0 Å². The number of nitrogens with zero attached hydrogens (tertiary/aromatic N) is 6. The van der Waals surface area contributed by atoms with Crippen molar-refractivity contribution in [2.75, 3.05) is 26.4 Å². The Morgan fingerprint density at radius 2 is 1.04 bits per heavy atom. The number of rotatable bonds is 10. The number of benzene rings is 2. The van der Waals surface area contributed by atoms with Crippen LogP contribution in [0.3, 0.4) is 0 Å². The second-order valence-electron chi connectivity index (χ2n) is 4.68. The standard InChI is InChI=1S/C16H16N6O3/c17-21-19-13-1-5-15(6-2-13)24-11-9-23-10-12-25-16-7-3-14(4-8-16)20-22-18/h1-8H,9-12H2. The summed E-state index contributed by atoms with van der Waals surface area (Å²) in [4.78, 5) is 5.41. The smallest absolute Gasteiger partial charge is 0.119 e. The predicted octanol–water partition coefficient (Wildman–Crippen LogP) is 5.04. The van der Waals surface area contributed by atoms with Gasteiger partial charge in [0.25, 0.3) is 0 Å². The van der Waals surface area contributed by atoms with Crippen molar-refractivity contribution in [1.29, 1.82) is 0 Å². The molecule has 0 unspecified atom stereocenters. The van der Waals surface area contributed by atoms with Gasteiger partial charge in [-0.3, -0.25) is 0 Å². The first-order valence-corrected chi connectivity index (χ1v) is 7.45. The van der Waals surface area contributed by atoms with Crippen molar-refractivity contribution >= 4 is 11.4 Å². The Morgan fingerprint density at radius 3 is 1.40 bits per heavy atom. The van der Waals surface area contributed by atoms with E-state index in [4.69, 9.17) is 25.3 Å². The summed E-state index contributed by atoms with van der Waals surface area (Å²) in [6.07, 6.45) is 0. The molecule has 2 rings (SSSR count). The summed E-state index contributed by atoms with van der Waals surface area (Å²) < 4.78 is 16.4. The zero-order valence-electron chi connectivity index (χ0n) is 13.4. The maximum Gasteiger partial charge on any atom is 0.119 e. The lowest BCUT2D eigenvalue weighted by molar-refractivity contribution is 0.0764. The summed E-state index contributed by atoms with van der Waals surface area (Å²) in [7, 11) is 0. The lowest BCUT2D eigenvalue weighted by Crippen LogP contribution is -2.12. The molecule has 0 atom stereocenters. The van der Waals surface area contributed by atoms with Crippen LogP contribution in [0.15, 0.2) is 58.8 Å². The van der Waals surface area contributed by atoms with E-state index in [2.05, 4.69) is 20.1 Å². The minimum Gasteiger partial charge on any atom is -0.491 e. The summed E-state index contributed by atoms with van der Waals surface area (Å²) in [6, 6.07) is 13.6. The molecule has 0 heterocycles. The average molecular weight is 340 g/mol. The minimum atomic E-state index is 0.404. The third-order valence-corrected chi connectivity index (χ3v) is 2.99. The Balaban J connectivity index is 1.57. The van der Waals surface area contributed by atoms with E-state index in [-0.39, 0.29) is 0 Å². The summed E-state index contributed by atoms with van der Waals surface area (Å²) in [5, 5.41) is 6.96. The molecule has 9 nitrogen and oxygen atoms in total. The summed E-state index contributed by atoms with van der Waals surface area (Å²) in [5.74, 6) is 1.36. The molecule has 0 aromatic heterocycles. The Bertz CT molecular complexity index is 685. The molecule has 0 aliphatic heterocycles. The average Bonchev–Trinajstić information content (AvgIpc) is 2.64. The van der Waals surface area contributed by atoms with Gasteiger partial charge in [-0.2, -0.15) is 0 Å². The lowest BCUT2D eigenvalue weighted by Gasteiger charge is -2.09. The topological polar surface area (TPSA) is 125 Å². The van der Waals surface area contributed by atoms with Gasteiger partial charge in [-0.05, 0) is 59.6 Å². The molecule has 0 N–H and O–H groups in total. The van der Waals surface area contributed by atoms with Crippen LogP contribution in [0.4, 0.5) is 11.4 Å². The van der Waals surface area contributed by atoms with Crippen molar-refractivity contribution in [3.05, 3.63) is 69.4 Å². The largest absolute Gasteiger partial charge is 0.491 e. The maximum atomic E-state index is 8.32. The van der Waals surface area contributed by atoms with Gasteiger partial charge in [-0.25, -0.2) is 0 Å².